The molecular weight excluding hydrogens is 488 g/mol. The highest BCUT2D eigenvalue weighted by Gasteiger charge is 2.32. The van der Waals surface area contributed by atoms with Crippen molar-refractivity contribution in [3.8, 4) is 11.4 Å². The lowest BCUT2D eigenvalue weighted by Gasteiger charge is -2.37. The molecule has 1 aliphatic rings. The molecule has 1 saturated heterocycles. The Balaban J connectivity index is 1.51. The Bertz CT molecular complexity index is 1560. The van der Waals surface area contributed by atoms with E-state index in [0.717, 1.165) is 0 Å². The van der Waals surface area contributed by atoms with Crippen LogP contribution >= 0.6 is 0 Å². The molecular formula is C28H30N4O4S. The number of hydrogen-bond acceptors (Lipinski definition) is 6. The zero-order chi connectivity index (χ0) is 26.0. The van der Waals surface area contributed by atoms with Crippen molar-refractivity contribution in [1.29, 1.82) is 0 Å². The summed E-state index contributed by atoms with van der Waals surface area (Å²) >= 11 is 0. The number of sulfonamides is 1. The molecule has 1 aliphatic heterocycles. The lowest BCUT2D eigenvalue weighted by Crippen LogP contribution is -2.49. The number of para-hydroxylation sites is 3. The summed E-state index contributed by atoms with van der Waals surface area (Å²) in [4.78, 5) is 21.2. The van der Waals surface area contributed by atoms with Gasteiger partial charge in [-0.3, -0.25) is 14.3 Å². The van der Waals surface area contributed by atoms with E-state index >= 15 is 0 Å². The fourth-order valence-electron chi connectivity index (χ4n) is 4.82. The SMILES string of the molecule is CCOc1ccccc1-n1c(C(C)N2CCN(S(=O)(=O)c3ccccc3)CC2)nc2ccccc2c1=O. The summed E-state index contributed by atoms with van der Waals surface area (Å²) in [7, 11) is -3.56. The van der Waals surface area contributed by atoms with Crippen molar-refractivity contribution in [2.45, 2.75) is 24.8 Å². The van der Waals surface area contributed by atoms with Gasteiger partial charge in [-0.25, -0.2) is 13.4 Å². The van der Waals surface area contributed by atoms with Crippen molar-refractivity contribution in [2.24, 2.45) is 0 Å². The lowest BCUT2D eigenvalue weighted by atomic mass is 10.1. The van der Waals surface area contributed by atoms with Crippen molar-refractivity contribution in [1.82, 2.24) is 18.8 Å². The van der Waals surface area contributed by atoms with Crippen LogP contribution in [0.25, 0.3) is 16.6 Å². The molecule has 0 bridgehead atoms. The molecule has 1 atom stereocenters. The second-order valence-corrected chi connectivity index (χ2v) is 10.9. The first kappa shape index (κ1) is 25.1. The summed E-state index contributed by atoms with van der Waals surface area (Å²) in [6.45, 7) is 6.13. The quantitative estimate of drug-likeness (QED) is 0.370. The minimum Gasteiger partial charge on any atom is -0.492 e. The van der Waals surface area contributed by atoms with Gasteiger partial charge in [0.25, 0.3) is 5.56 Å². The smallest absolute Gasteiger partial charge is 0.266 e. The highest BCUT2D eigenvalue weighted by atomic mass is 32.2. The van der Waals surface area contributed by atoms with Crippen LogP contribution in [-0.2, 0) is 10.0 Å². The van der Waals surface area contributed by atoms with Gasteiger partial charge in [-0.2, -0.15) is 4.31 Å². The van der Waals surface area contributed by atoms with Gasteiger partial charge in [0.15, 0.2) is 0 Å². The number of hydrogen-bond donors (Lipinski definition) is 0. The average molecular weight is 519 g/mol. The number of piperazine rings is 1. The molecule has 1 unspecified atom stereocenters. The number of fused-ring (bicyclic) bond motifs is 1. The van der Waals surface area contributed by atoms with Crippen LogP contribution in [0.3, 0.4) is 0 Å². The van der Waals surface area contributed by atoms with Gasteiger partial charge in [-0.15, -0.1) is 0 Å². The number of aromatic nitrogens is 2. The van der Waals surface area contributed by atoms with Crippen LogP contribution in [0.4, 0.5) is 0 Å². The van der Waals surface area contributed by atoms with Gasteiger partial charge in [0.1, 0.15) is 11.6 Å². The zero-order valence-corrected chi connectivity index (χ0v) is 21.8. The first-order valence-electron chi connectivity index (χ1n) is 12.4. The normalized spacial score (nSPS) is 16.1. The van der Waals surface area contributed by atoms with Crippen LogP contribution in [0, 0.1) is 0 Å². The van der Waals surface area contributed by atoms with Crippen LogP contribution < -0.4 is 10.3 Å². The fraction of sp³-hybridized carbons (Fsp3) is 0.286. The third-order valence-corrected chi connectivity index (χ3v) is 8.70. The maximum absolute atomic E-state index is 13.8. The molecule has 0 radical (unpaired) electrons. The number of ether oxygens (including phenoxy) is 1. The van der Waals surface area contributed by atoms with E-state index in [1.165, 1.54) is 4.31 Å². The van der Waals surface area contributed by atoms with Crippen molar-refractivity contribution >= 4 is 20.9 Å². The molecule has 37 heavy (non-hydrogen) atoms. The second kappa shape index (κ2) is 10.5. The van der Waals surface area contributed by atoms with E-state index in [9.17, 15) is 13.2 Å². The van der Waals surface area contributed by atoms with E-state index in [4.69, 9.17) is 9.72 Å². The summed E-state index contributed by atoms with van der Waals surface area (Å²) in [6, 6.07) is 23.1. The Labute approximate surface area is 216 Å². The predicted molar refractivity (Wildman–Crippen MR) is 144 cm³/mol. The molecule has 192 valence electrons. The lowest BCUT2D eigenvalue weighted by molar-refractivity contribution is 0.139. The molecule has 0 aliphatic carbocycles. The first-order valence-corrected chi connectivity index (χ1v) is 13.9. The van der Waals surface area contributed by atoms with E-state index in [-0.39, 0.29) is 11.6 Å². The largest absolute Gasteiger partial charge is 0.492 e. The third kappa shape index (κ3) is 4.77. The molecule has 0 N–H and O–H groups in total. The van der Waals surface area contributed by atoms with E-state index in [1.54, 1.807) is 41.0 Å². The summed E-state index contributed by atoms with van der Waals surface area (Å²) in [5.74, 6) is 1.20. The maximum atomic E-state index is 13.8. The Morgan fingerprint density at radius 1 is 0.892 bits per heavy atom. The third-order valence-electron chi connectivity index (χ3n) is 6.78. The summed E-state index contributed by atoms with van der Waals surface area (Å²) in [5, 5.41) is 0.531. The van der Waals surface area contributed by atoms with Gasteiger partial charge in [0.05, 0.1) is 34.1 Å². The summed E-state index contributed by atoms with van der Waals surface area (Å²) in [5.41, 5.74) is 1.11. The highest BCUT2D eigenvalue weighted by Crippen LogP contribution is 2.29. The maximum Gasteiger partial charge on any atom is 0.266 e. The highest BCUT2D eigenvalue weighted by molar-refractivity contribution is 7.89. The molecule has 2 heterocycles. The summed E-state index contributed by atoms with van der Waals surface area (Å²) in [6.07, 6.45) is 0. The molecule has 9 heteroatoms. The van der Waals surface area contributed by atoms with Gasteiger partial charge in [-0.05, 0) is 50.2 Å². The van der Waals surface area contributed by atoms with Gasteiger partial charge in [0.2, 0.25) is 10.0 Å². The predicted octanol–water partition coefficient (Wildman–Crippen LogP) is 3.85. The van der Waals surface area contributed by atoms with Crippen LogP contribution in [0.1, 0.15) is 25.7 Å². The Hall–Kier alpha value is -3.53. The molecule has 4 aromatic rings. The second-order valence-electron chi connectivity index (χ2n) is 8.96. The zero-order valence-electron chi connectivity index (χ0n) is 20.9. The molecule has 0 spiro atoms. The van der Waals surface area contributed by atoms with E-state index in [1.807, 2.05) is 56.3 Å². The molecule has 8 nitrogen and oxygen atoms in total. The van der Waals surface area contributed by atoms with Crippen molar-refractivity contribution in [3.63, 3.8) is 0 Å². The summed E-state index contributed by atoms with van der Waals surface area (Å²) < 4.78 is 35.2. The fourth-order valence-corrected chi connectivity index (χ4v) is 6.26. The van der Waals surface area contributed by atoms with Crippen LogP contribution in [0.5, 0.6) is 5.75 Å². The number of rotatable bonds is 7. The first-order chi connectivity index (χ1) is 17.9. The molecule has 3 aromatic carbocycles. The number of benzene rings is 3. The van der Waals surface area contributed by atoms with Gasteiger partial charge in [-0.1, -0.05) is 42.5 Å². The van der Waals surface area contributed by atoms with Crippen molar-refractivity contribution < 1.29 is 13.2 Å². The molecule has 0 saturated carbocycles. The minimum absolute atomic E-state index is 0.162. The molecule has 1 fully saturated rings. The van der Waals surface area contributed by atoms with Crippen LogP contribution in [0.15, 0.2) is 88.6 Å². The number of nitrogens with zero attached hydrogens (tertiary/aromatic N) is 4. The molecule has 5 rings (SSSR count). The Kier molecular flexibility index (Phi) is 7.10. The van der Waals surface area contributed by atoms with Gasteiger partial charge in [0, 0.05) is 26.2 Å². The van der Waals surface area contributed by atoms with Gasteiger partial charge >= 0.3 is 0 Å². The monoisotopic (exact) mass is 518 g/mol. The van der Waals surface area contributed by atoms with E-state index in [0.29, 0.717) is 65.8 Å². The van der Waals surface area contributed by atoms with Crippen LogP contribution in [0.2, 0.25) is 0 Å². The average Bonchev–Trinajstić information content (AvgIpc) is 2.94. The Morgan fingerprint density at radius 2 is 1.54 bits per heavy atom. The standard InChI is InChI=1S/C28H30N4O4S/c1-3-36-26-16-10-9-15-25(26)32-27(29-24-14-8-7-13-23(24)28(32)33)21(2)30-17-19-31(20-18-30)37(34,35)22-11-5-4-6-12-22/h4-16,21H,3,17-20H2,1-2H3. The minimum atomic E-state index is -3.56. The van der Waals surface area contributed by atoms with Gasteiger partial charge < -0.3 is 4.74 Å². The van der Waals surface area contributed by atoms with E-state index in [2.05, 4.69) is 4.90 Å². The van der Waals surface area contributed by atoms with E-state index < -0.39 is 10.0 Å². The van der Waals surface area contributed by atoms with Crippen molar-refractivity contribution in [2.75, 3.05) is 32.8 Å². The van der Waals surface area contributed by atoms with Crippen LogP contribution in [-0.4, -0.2) is 60.0 Å². The van der Waals surface area contributed by atoms with Crippen molar-refractivity contribution in [3.05, 3.63) is 95.0 Å². The molecule has 0 amide bonds. The topological polar surface area (TPSA) is 84.7 Å². The Morgan fingerprint density at radius 3 is 2.27 bits per heavy atom. The molecule has 1 aromatic heterocycles.